The lowest BCUT2D eigenvalue weighted by Crippen LogP contribution is -2.27. The standard InChI is InChI=1S/C13H19N3O2/c1-16(9-12(17)18)13-14-8-7-11(15-13)10-5-3-2-4-6-10/h7-8,10H,2-6,9H2,1H3,(H,17,18). The fourth-order valence-electron chi connectivity index (χ4n) is 2.45. The van der Waals surface area contributed by atoms with Crippen LogP contribution in [0.15, 0.2) is 12.3 Å². The maximum absolute atomic E-state index is 10.7. The van der Waals surface area contributed by atoms with E-state index in [1.54, 1.807) is 18.1 Å². The summed E-state index contributed by atoms with van der Waals surface area (Å²) in [5.41, 5.74) is 1.05. The molecule has 1 saturated carbocycles. The van der Waals surface area contributed by atoms with Gasteiger partial charge in [0.1, 0.15) is 6.54 Å². The number of anilines is 1. The Morgan fingerprint density at radius 3 is 2.83 bits per heavy atom. The summed E-state index contributed by atoms with van der Waals surface area (Å²) in [4.78, 5) is 20.9. The first-order chi connectivity index (χ1) is 8.66. The van der Waals surface area contributed by atoms with Crippen molar-refractivity contribution in [1.29, 1.82) is 0 Å². The van der Waals surface area contributed by atoms with Gasteiger partial charge < -0.3 is 10.0 Å². The van der Waals surface area contributed by atoms with E-state index in [0.29, 0.717) is 11.9 Å². The number of carbonyl (C=O) groups is 1. The third-order valence-electron chi connectivity index (χ3n) is 3.40. The van der Waals surface area contributed by atoms with Crippen LogP contribution in [0.2, 0.25) is 0 Å². The first-order valence-corrected chi connectivity index (χ1v) is 6.42. The Morgan fingerprint density at radius 1 is 1.44 bits per heavy atom. The third-order valence-corrected chi connectivity index (χ3v) is 3.40. The Balaban J connectivity index is 2.11. The van der Waals surface area contributed by atoms with Gasteiger partial charge in [0.2, 0.25) is 5.95 Å². The van der Waals surface area contributed by atoms with Gasteiger partial charge in [0.25, 0.3) is 0 Å². The number of likely N-dealkylation sites (N-methyl/N-ethyl adjacent to an activating group) is 1. The van der Waals surface area contributed by atoms with Crippen LogP contribution in [-0.4, -0.2) is 34.6 Å². The van der Waals surface area contributed by atoms with Gasteiger partial charge in [-0.25, -0.2) is 9.97 Å². The number of carboxylic acid groups (broad SMARTS) is 1. The summed E-state index contributed by atoms with van der Waals surface area (Å²) >= 11 is 0. The molecule has 0 radical (unpaired) electrons. The van der Waals surface area contributed by atoms with Crippen LogP contribution in [0.1, 0.15) is 43.7 Å². The predicted molar refractivity (Wildman–Crippen MR) is 68.8 cm³/mol. The molecule has 5 nitrogen and oxygen atoms in total. The number of hydrogen-bond donors (Lipinski definition) is 1. The van der Waals surface area contributed by atoms with Gasteiger partial charge in [0.05, 0.1) is 0 Å². The van der Waals surface area contributed by atoms with Crippen LogP contribution in [-0.2, 0) is 4.79 Å². The van der Waals surface area contributed by atoms with Crippen molar-refractivity contribution in [2.24, 2.45) is 0 Å². The van der Waals surface area contributed by atoms with E-state index in [0.717, 1.165) is 5.69 Å². The van der Waals surface area contributed by atoms with Crippen molar-refractivity contribution in [3.8, 4) is 0 Å². The monoisotopic (exact) mass is 249 g/mol. The largest absolute Gasteiger partial charge is 0.480 e. The van der Waals surface area contributed by atoms with Crippen molar-refractivity contribution in [3.63, 3.8) is 0 Å². The van der Waals surface area contributed by atoms with Crippen molar-refractivity contribution in [2.75, 3.05) is 18.5 Å². The normalized spacial score (nSPS) is 16.5. The molecule has 0 spiro atoms. The van der Waals surface area contributed by atoms with E-state index in [2.05, 4.69) is 9.97 Å². The number of rotatable bonds is 4. The van der Waals surface area contributed by atoms with Gasteiger partial charge in [-0.1, -0.05) is 19.3 Å². The second-order valence-corrected chi connectivity index (χ2v) is 4.87. The summed E-state index contributed by atoms with van der Waals surface area (Å²) in [5, 5.41) is 8.77. The SMILES string of the molecule is CN(CC(=O)O)c1nccc(C2CCCCC2)n1. The topological polar surface area (TPSA) is 66.3 Å². The summed E-state index contributed by atoms with van der Waals surface area (Å²) in [7, 11) is 1.70. The minimum absolute atomic E-state index is 0.0753. The second-order valence-electron chi connectivity index (χ2n) is 4.87. The lowest BCUT2D eigenvalue weighted by Gasteiger charge is -2.22. The molecule has 1 aromatic rings. The van der Waals surface area contributed by atoms with E-state index in [1.807, 2.05) is 6.07 Å². The maximum atomic E-state index is 10.7. The highest BCUT2D eigenvalue weighted by Gasteiger charge is 2.18. The minimum atomic E-state index is -0.871. The van der Waals surface area contributed by atoms with E-state index < -0.39 is 5.97 Å². The smallest absolute Gasteiger partial charge is 0.323 e. The van der Waals surface area contributed by atoms with Crippen LogP contribution in [0, 0.1) is 0 Å². The molecule has 0 aliphatic heterocycles. The fraction of sp³-hybridized carbons (Fsp3) is 0.615. The molecular weight excluding hydrogens is 230 g/mol. The lowest BCUT2D eigenvalue weighted by atomic mass is 9.87. The summed E-state index contributed by atoms with van der Waals surface area (Å²) in [6.07, 6.45) is 7.92. The molecule has 1 aliphatic carbocycles. The molecule has 0 unspecified atom stereocenters. The Morgan fingerprint density at radius 2 is 2.17 bits per heavy atom. The number of carboxylic acids is 1. The van der Waals surface area contributed by atoms with Gasteiger partial charge in [0.15, 0.2) is 0 Å². The Hall–Kier alpha value is -1.65. The highest BCUT2D eigenvalue weighted by atomic mass is 16.4. The van der Waals surface area contributed by atoms with Crippen LogP contribution in [0.4, 0.5) is 5.95 Å². The molecular formula is C13H19N3O2. The van der Waals surface area contributed by atoms with Gasteiger partial charge in [0, 0.05) is 24.9 Å². The van der Waals surface area contributed by atoms with Gasteiger partial charge in [-0.05, 0) is 18.9 Å². The molecule has 1 aromatic heterocycles. The molecule has 1 fully saturated rings. The van der Waals surface area contributed by atoms with Crippen molar-refractivity contribution in [3.05, 3.63) is 18.0 Å². The Bertz CT molecular complexity index is 416. The number of hydrogen-bond acceptors (Lipinski definition) is 4. The molecule has 2 rings (SSSR count). The Kier molecular flexibility index (Phi) is 4.12. The second kappa shape index (κ2) is 5.80. The Labute approximate surface area is 107 Å². The molecule has 98 valence electrons. The summed E-state index contributed by atoms with van der Waals surface area (Å²) in [6.45, 7) is -0.0753. The average Bonchev–Trinajstić information content (AvgIpc) is 2.39. The number of nitrogens with zero attached hydrogens (tertiary/aromatic N) is 3. The van der Waals surface area contributed by atoms with E-state index in [1.165, 1.54) is 32.1 Å². The molecule has 1 N–H and O–H groups in total. The van der Waals surface area contributed by atoms with Crippen molar-refractivity contribution in [1.82, 2.24) is 9.97 Å². The van der Waals surface area contributed by atoms with Gasteiger partial charge in [-0.3, -0.25) is 4.79 Å². The van der Waals surface area contributed by atoms with Crippen LogP contribution in [0.25, 0.3) is 0 Å². The zero-order valence-electron chi connectivity index (χ0n) is 10.7. The third kappa shape index (κ3) is 3.18. The van der Waals surface area contributed by atoms with Crippen LogP contribution >= 0.6 is 0 Å². The molecule has 0 saturated heterocycles. The average molecular weight is 249 g/mol. The molecule has 0 amide bonds. The molecule has 0 bridgehead atoms. The van der Waals surface area contributed by atoms with E-state index in [9.17, 15) is 4.79 Å². The summed E-state index contributed by atoms with van der Waals surface area (Å²) < 4.78 is 0. The molecule has 1 heterocycles. The fourth-order valence-corrected chi connectivity index (χ4v) is 2.45. The van der Waals surface area contributed by atoms with Crippen molar-refractivity contribution in [2.45, 2.75) is 38.0 Å². The van der Waals surface area contributed by atoms with Crippen molar-refractivity contribution < 1.29 is 9.90 Å². The molecule has 1 aliphatic rings. The minimum Gasteiger partial charge on any atom is -0.480 e. The first-order valence-electron chi connectivity index (χ1n) is 6.42. The zero-order chi connectivity index (χ0) is 13.0. The highest BCUT2D eigenvalue weighted by Crippen LogP contribution is 2.31. The van der Waals surface area contributed by atoms with E-state index in [4.69, 9.17) is 5.11 Å². The van der Waals surface area contributed by atoms with Gasteiger partial charge in [-0.2, -0.15) is 0 Å². The maximum Gasteiger partial charge on any atom is 0.323 e. The van der Waals surface area contributed by atoms with E-state index >= 15 is 0 Å². The number of aliphatic carboxylic acids is 1. The van der Waals surface area contributed by atoms with Gasteiger partial charge >= 0.3 is 5.97 Å². The predicted octanol–water partition coefficient (Wildman–Crippen LogP) is 2.05. The van der Waals surface area contributed by atoms with Crippen LogP contribution in [0.3, 0.4) is 0 Å². The molecule has 0 atom stereocenters. The van der Waals surface area contributed by atoms with Crippen LogP contribution < -0.4 is 4.90 Å². The molecule has 0 aromatic carbocycles. The molecule has 18 heavy (non-hydrogen) atoms. The number of aromatic nitrogens is 2. The van der Waals surface area contributed by atoms with Crippen LogP contribution in [0.5, 0.6) is 0 Å². The first kappa shape index (κ1) is 12.8. The molecule has 5 heteroatoms. The van der Waals surface area contributed by atoms with Crippen molar-refractivity contribution >= 4 is 11.9 Å². The summed E-state index contributed by atoms with van der Waals surface area (Å²) in [6, 6.07) is 1.95. The quantitative estimate of drug-likeness (QED) is 0.884. The van der Waals surface area contributed by atoms with E-state index in [-0.39, 0.29) is 6.54 Å². The zero-order valence-corrected chi connectivity index (χ0v) is 10.7. The lowest BCUT2D eigenvalue weighted by molar-refractivity contribution is -0.135. The highest BCUT2D eigenvalue weighted by molar-refractivity contribution is 5.72. The van der Waals surface area contributed by atoms with Gasteiger partial charge in [-0.15, -0.1) is 0 Å². The summed E-state index contributed by atoms with van der Waals surface area (Å²) in [5.74, 6) is 0.142.